The maximum atomic E-state index is 12.4. The molecule has 0 aliphatic heterocycles. The van der Waals surface area contributed by atoms with Gasteiger partial charge in [-0.3, -0.25) is 4.79 Å². The summed E-state index contributed by atoms with van der Waals surface area (Å²) in [5.41, 5.74) is 5.70. The van der Waals surface area contributed by atoms with Crippen molar-refractivity contribution in [1.82, 2.24) is 10.3 Å². The van der Waals surface area contributed by atoms with Crippen LogP contribution in [0.4, 0.5) is 5.69 Å². The van der Waals surface area contributed by atoms with Crippen molar-refractivity contribution in [3.63, 3.8) is 0 Å². The molecule has 1 atom stereocenters. The molecule has 1 fully saturated rings. The first-order valence-corrected chi connectivity index (χ1v) is 8.22. The van der Waals surface area contributed by atoms with Crippen LogP contribution in [-0.4, -0.2) is 30.6 Å². The van der Waals surface area contributed by atoms with Crippen molar-refractivity contribution in [2.75, 3.05) is 5.73 Å². The minimum absolute atomic E-state index is 0.0630. The Morgan fingerprint density at radius 3 is 2.70 bits per heavy atom. The summed E-state index contributed by atoms with van der Waals surface area (Å²) >= 11 is 0. The van der Waals surface area contributed by atoms with Crippen molar-refractivity contribution >= 4 is 21.4 Å². The summed E-state index contributed by atoms with van der Waals surface area (Å²) in [4.78, 5) is 15.9. The summed E-state index contributed by atoms with van der Waals surface area (Å²) < 4.78 is 24.7. The minimum atomic E-state index is -3.86. The number of rotatable bonds is 4. The molecular formula is C13H19N3O3S. The van der Waals surface area contributed by atoms with E-state index in [4.69, 9.17) is 5.73 Å². The fourth-order valence-electron chi connectivity index (χ4n) is 2.34. The number of aromatic nitrogens is 1. The number of hydrogen-bond acceptors (Lipinski definition) is 5. The predicted molar refractivity (Wildman–Crippen MR) is 75.7 cm³/mol. The lowest BCUT2D eigenvalue weighted by atomic mass is 10.2. The second-order valence-electron chi connectivity index (χ2n) is 5.07. The number of nitrogens with zero attached hydrogens (tertiary/aromatic N) is 1. The third-order valence-corrected chi connectivity index (χ3v) is 5.63. The van der Waals surface area contributed by atoms with E-state index in [1.54, 1.807) is 6.07 Å². The van der Waals surface area contributed by atoms with Crippen molar-refractivity contribution < 1.29 is 13.2 Å². The Morgan fingerprint density at radius 2 is 2.10 bits per heavy atom. The van der Waals surface area contributed by atoms with Gasteiger partial charge >= 0.3 is 0 Å². The molecule has 1 heterocycles. The second kappa shape index (κ2) is 5.78. The number of nitrogen functional groups attached to an aromatic ring is 1. The Bertz CT molecular complexity index is 595. The van der Waals surface area contributed by atoms with Crippen molar-refractivity contribution in [2.45, 2.75) is 48.9 Å². The van der Waals surface area contributed by atoms with Gasteiger partial charge in [0.1, 0.15) is 5.25 Å². The average Bonchev–Trinajstić information content (AvgIpc) is 2.90. The first-order chi connectivity index (χ1) is 9.43. The number of pyridine rings is 1. The summed E-state index contributed by atoms with van der Waals surface area (Å²) in [6.45, 7) is 1.37. The highest BCUT2D eigenvalue weighted by Crippen LogP contribution is 2.21. The van der Waals surface area contributed by atoms with Gasteiger partial charge in [0.15, 0.2) is 5.03 Å². The van der Waals surface area contributed by atoms with E-state index < -0.39 is 21.0 Å². The lowest BCUT2D eigenvalue weighted by Crippen LogP contribution is -2.42. The number of hydrogen-bond donors (Lipinski definition) is 2. The Morgan fingerprint density at radius 1 is 1.45 bits per heavy atom. The number of carbonyl (C=O) groups excluding carboxylic acids is 1. The molecule has 1 amide bonds. The van der Waals surface area contributed by atoms with Gasteiger partial charge in [-0.2, -0.15) is 0 Å². The third-order valence-electron chi connectivity index (χ3n) is 3.61. The Kier molecular flexibility index (Phi) is 4.27. The van der Waals surface area contributed by atoms with Gasteiger partial charge in [-0.25, -0.2) is 13.4 Å². The van der Waals surface area contributed by atoms with Crippen LogP contribution in [0, 0.1) is 0 Å². The monoisotopic (exact) mass is 297 g/mol. The maximum Gasteiger partial charge on any atom is 0.238 e. The van der Waals surface area contributed by atoms with Crippen molar-refractivity contribution in [3.8, 4) is 0 Å². The first-order valence-electron chi connectivity index (χ1n) is 6.67. The number of anilines is 1. The minimum Gasteiger partial charge on any atom is -0.396 e. The number of nitrogens with one attached hydrogen (secondary N) is 1. The van der Waals surface area contributed by atoms with Crippen LogP contribution in [0.5, 0.6) is 0 Å². The lowest BCUT2D eigenvalue weighted by Gasteiger charge is -2.17. The topological polar surface area (TPSA) is 102 Å². The molecule has 1 aromatic heterocycles. The van der Waals surface area contributed by atoms with Crippen LogP contribution in [0.25, 0.3) is 0 Å². The summed E-state index contributed by atoms with van der Waals surface area (Å²) in [6.07, 6.45) is 5.30. The molecule has 2 rings (SSSR count). The Balaban J connectivity index is 2.16. The van der Waals surface area contributed by atoms with Crippen LogP contribution >= 0.6 is 0 Å². The quantitative estimate of drug-likeness (QED) is 0.859. The number of sulfone groups is 1. The van der Waals surface area contributed by atoms with Gasteiger partial charge in [0.25, 0.3) is 0 Å². The molecule has 0 radical (unpaired) electrons. The van der Waals surface area contributed by atoms with E-state index >= 15 is 0 Å². The SMILES string of the molecule is CC(C(=O)NC1CCCC1)S(=O)(=O)c1ncccc1N. The highest BCUT2D eigenvalue weighted by molar-refractivity contribution is 7.92. The molecule has 1 saturated carbocycles. The summed E-state index contributed by atoms with van der Waals surface area (Å²) in [5, 5.41) is 1.37. The van der Waals surface area contributed by atoms with Crippen LogP contribution in [0.3, 0.4) is 0 Å². The lowest BCUT2D eigenvalue weighted by molar-refractivity contribution is -0.121. The van der Waals surface area contributed by atoms with Gasteiger partial charge in [-0.1, -0.05) is 12.8 Å². The number of nitrogens with two attached hydrogens (primary N) is 1. The predicted octanol–water partition coefficient (Wildman–Crippen LogP) is 0.885. The molecule has 0 aromatic carbocycles. The Labute approximate surface area is 118 Å². The van der Waals surface area contributed by atoms with E-state index in [-0.39, 0.29) is 16.8 Å². The van der Waals surface area contributed by atoms with Crippen LogP contribution in [0.1, 0.15) is 32.6 Å². The van der Waals surface area contributed by atoms with Gasteiger partial charge in [0.05, 0.1) is 5.69 Å². The van der Waals surface area contributed by atoms with E-state index in [1.807, 2.05) is 0 Å². The maximum absolute atomic E-state index is 12.4. The molecule has 1 aliphatic rings. The molecule has 20 heavy (non-hydrogen) atoms. The highest BCUT2D eigenvalue weighted by atomic mass is 32.2. The second-order valence-corrected chi connectivity index (χ2v) is 7.26. The molecule has 6 nitrogen and oxygen atoms in total. The van der Waals surface area contributed by atoms with Gasteiger partial charge in [-0.15, -0.1) is 0 Å². The fourth-order valence-corrected chi connectivity index (χ4v) is 3.63. The van der Waals surface area contributed by atoms with E-state index in [2.05, 4.69) is 10.3 Å². The van der Waals surface area contributed by atoms with Crippen molar-refractivity contribution in [2.24, 2.45) is 0 Å². The van der Waals surface area contributed by atoms with Crippen molar-refractivity contribution in [1.29, 1.82) is 0 Å². The largest absolute Gasteiger partial charge is 0.396 e. The van der Waals surface area contributed by atoms with Crippen LogP contribution in [0.15, 0.2) is 23.4 Å². The van der Waals surface area contributed by atoms with Gasteiger partial charge in [0.2, 0.25) is 15.7 Å². The molecule has 110 valence electrons. The van der Waals surface area contributed by atoms with Crippen LogP contribution in [0.2, 0.25) is 0 Å². The van der Waals surface area contributed by atoms with Crippen LogP contribution in [-0.2, 0) is 14.6 Å². The zero-order valence-electron chi connectivity index (χ0n) is 11.4. The first kappa shape index (κ1) is 14.8. The molecule has 0 spiro atoms. The molecule has 1 aromatic rings. The summed E-state index contributed by atoms with van der Waals surface area (Å²) in [7, 11) is -3.86. The van der Waals surface area contributed by atoms with E-state index in [1.165, 1.54) is 19.2 Å². The summed E-state index contributed by atoms with van der Waals surface area (Å²) in [6, 6.07) is 3.10. The molecular weight excluding hydrogens is 278 g/mol. The zero-order chi connectivity index (χ0) is 14.8. The molecule has 0 bridgehead atoms. The van der Waals surface area contributed by atoms with Gasteiger partial charge < -0.3 is 11.1 Å². The van der Waals surface area contributed by atoms with Gasteiger partial charge in [-0.05, 0) is 31.9 Å². The molecule has 1 aliphatic carbocycles. The zero-order valence-corrected chi connectivity index (χ0v) is 12.2. The molecule has 3 N–H and O–H groups in total. The smallest absolute Gasteiger partial charge is 0.238 e. The molecule has 0 saturated heterocycles. The van der Waals surface area contributed by atoms with E-state index in [0.717, 1.165) is 25.7 Å². The summed E-state index contributed by atoms with van der Waals surface area (Å²) in [5.74, 6) is -0.484. The van der Waals surface area contributed by atoms with Gasteiger partial charge in [0, 0.05) is 12.2 Å². The van der Waals surface area contributed by atoms with Crippen LogP contribution < -0.4 is 11.1 Å². The fraction of sp³-hybridized carbons (Fsp3) is 0.538. The number of carbonyl (C=O) groups is 1. The third kappa shape index (κ3) is 2.92. The molecule has 7 heteroatoms. The normalized spacial score (nSPS) is 17.9. The van der Waals surface area contributed by atoms with E-state index in [0.29, 0.717) is 0 Å². The Hall–Kier alpha value is -1.63. The number of amides is 1. The van der Waals surface area contributed by atoms with Crippen molar-refractivity contribution in [3.05, 3.63) is 18.3 Å². The average molecular weight is 297 g/mol. The van der Waals surface area contributed by atoms with E-state index in [9.17, 15) is 13.2 Å². The standard InChI is InChI=1S/C13H19N3O3S/c1-9(12(17)16-10-5-2-3-6-10)20(18,19)13-11(14)7-4-8-15-13/h4,7-10H,2-3,5-6,14H2,1H3,(H,16,17). The highest BCUT2D eigenvalue weighted by Gasteiger charge is 2.33. The molecule has 1 unspecified atom stereocenters.